The van der Waals surface area contributed by atoms with Crippen LogP contribution in [0.5, 0.6) is 0 Å². The fourth-order valence-electron chi connectivity index (χ4n) is 2.21. The Morgan fingerprint density at radius 2 is 1.83 bits per heavy atom. The van der Waals surface area contributed by atoms with Gasteiger partial charge in [0, 0.05) is 33.5 Å². The van der Waals surface area contributed by atoms with Gasteiger partial charge in [-0.05, 0) is 25.5 Å². The van der Waals surface area contributed by atoms with Gasteiger partial charge in [-0.2, -0.15) is 0 Å². The zero-order chi connectivity index (χ0) is 13.8. The highest BCUT2D eigenvalue weighted by molar-refractivity contribution is 5.54. The van der Waals surface area contributed by atoms with Gasteiger partial charge >= 0.3 is 0 Å². The molecule has 102 valence electrons. The number of aryl methyl sites for hydroxylation is 1. The van der Waals surface area contributed by atoms with Crippen LogP contribution < -0.4 is 10.6 Å². The van der Waals surface area contributed by atoms with Crippen molar-refractivity contribution >= 4 is 5.69 Å². The molecule has 0 spiro atoms. The second-order valence-corrected chi connectivity index (χ2v) is 4.71. The number of nitrogens with two attached hydrogens (primary N) is 1. The first-order chi connectivity index (χ1) is 8.51. The van der Waals surface area contributed by atoms with Crippen molar-refractivity contribution in [2.24, 2.45) is 5.73 Å². The van der Waals surface area contributed by atoms with Crippen LogP contribution in [0.2, 0.25) is 0 Å². The molecule has 0 heterocycles. The van der Waals surface area contributed by atoms with E-state index in [9.17, 15) is 0 Å². The van der Waals surface area contributed by atoms with Gasteiger partial charge in [-0.1, -0.05) is 18.2 Å². The smallest absolute Gasteiger partial charge is 0.180 e. The van der Waals surface area contributed by atoms with Crippen molar-refractivity contribution in [3.63, 3.8) is 0 Å². The maximum Gasteiger partial charge on any atom is 0.180 e. The molecule has 18 heavy (non-hydrogen) atoms. The third-order valence-electron chi connectivity index (χ3n) is 3.59. The summed E-state index contributed by atoms with van der Waals surface area (Å²) < 4.78 is 10.8. The highest BCUT2D eigenvalue weighted by Gasteiger charge is 2.38. The van der Waals surface area contributed by atoms with E-state index in [4.69, 9.17) is 15.2 Å². The van der Waals surface area contributed by atoms with E-state index in [0.29, 0.717) is 6.54 Å². The van der Waals surface area contributed by atoms with Crippen LogP contribution in [0.1, 0.15) is 12.5 Å². The Labute approximate surface area is 110 Å². The Morgan fingerprint density at radius 3 is 2.28 bits per heavy atom. The summed E-state index contributed by atoms with van der Waals surface area (Å²) >= 11 is 0. The minimum Gasteiger partial charge on any atom is -0.363 e. The van der Waals surface area contributed by atoms with Crippen molar-refractivity contribution in [2.45, 2.75) is 25.7 Å². The summed E-state index contributed by atoms with van der Waals surface area (Å²) in [7, 11) is 5.28. The number of anilines is 1. The average Bonchev–Trinajstić information content (AvgIpc) is 2.39. The molecule has 0 aliphatic heterocycles. The molecule has 1 unspecified atom stereocenters. The number of hydrogen-bond donors (Lipinski definition) is 1. The second kappa shape index (κ2) is 6.18. The number of methoxy groups -OCH3 is 2. The van der Waals surface area contributed by atoms with Crippen molar-refractivity contribution in [1.82, 2.24) is 0 Å². The van der Waals surface area contributed by atoms with E-state index in [2.05, 4.69) is 24.0 Å². The molecule has 0 aromatic heterocycles. The summed E-state index contributed by atoms with van der Waals surface area (Å²) in [6.45, 7) is 4.55. The third-order valence-corrected chi connectivity index (χ3v) is 3.59. The lowest BCUT2D eigenvalue weighted by Gasteiger charge is -2.44. The van der Waals surface area contributed by atoms with Gasteiger partial charge in [0.2, 0.25) is 0 Å². The summed E-state index contributed by atoms with van der Waals surface area (Å²) in [6.07, 6.45) is -0.382. The minimum atomic E-state index is -0.421. The lowest BCUT2D eigenvalue weighted by molar-refractivity contribution is -0.140. The van der Waals surface area contributed by atoms with E-state index in [1.807, 2.05) is 26.1 Å². The number of likely N-dealkylation sites (N-methyl/N-ethyl adjacent to an activating group) is 1. The maximum atomic E-state index is 5.95. The van der Waals surface area contributed by atoms with Crippen LogP contribution in [0.4, 0.5) is 5.69 Å². The van der Waals surface area contributed by atoms with Gasteiger partial charge < -0.3 is 20.1 Å². The Morgan fingerprint density at radius 1 is 1.28 bits per heavy atom. The predicted molar refractivity (Wildman–Crippen MR) is 74.8 cm³/mol. The van der Waals surface area contributed by atoms with Crippen LogP contribution >= 0.6 is 0 Å². The summed E-state index contributed by atoms with van der Waals surface area (Å²) in [5.74, 6) is 0. The van der Waals surface area contributed by atoms with Gasteiger partial charge in [0.15, 0.2) is 6.29 Å². The van der Waals surface area contributed by atoms with Gasteiger partial charge in [-0.25, -0.2) is 0 Å². The first kappa shape index (κ1) is 15.0. The van der Waals surface area contributed by atoms with Crippen LogP contribution in [-0.4, -0.2) is 39.6 Å². The van der Waals surface area contributed by atoms with E-state index in [1.54, 1.807) is 14.2 Å². The molecule has 1 atom stereocenters. The molecular formula is C14H24N2O2. The number of nitrogens with zero attached hydrogens (tertiary/aromatic N) is 1. The molecule has 0 saturated carbocycles. The Hall–Kier alpha value is -1.10. The Bertz CT molecular complexity index is 380. The van der Waals surface area contributed by atoms with Crippen LogP contribution in [0.3, 0.4) is 0 Å². The van der Waals surface area contributed by atoms with Gasteiger partial charge in [-0.3, -0.25) is 0 Å². The van der Waals surface area contributed by atoms with E-state index >= 15 is 0 Å². The number of benzene rings is 1. The van der Waals surface area contributed by atoms with E-state index < -0.39 is 5.54 Å². The van der Waals surface area contributed by atoms with E-state index in [0.717, 1.165) is 5.69 Å². The van der Waals surface area contributed by atoms with E-state index in [1.165, 1.54) is 5.56 Å². The highest BCUT2D eigenvalue weighted by Crippen LogP contribution is 2.28. The van der Waals surface area contributed by atoms with Gasteiger partial charge in [0.1, 0.15) is 0 Å². The van der Waals surface area contributed by atoms with Gasteiger partial charge in [0.25, 0.3) is 0 Å². The summed E-state index contributed by atoms with van der Waals surface area (Å²) in [5.41, 5.74) is 7.85. The van der Waals surface area contributed by atoms with Crippen molar-refractivity contribution < 1.29 is 9.47 Å². The van der Waals surface area contributed by atoms with Crippen molar-refractivity contribution in [1.29, 1.82) is 0 Å². The molecule has 1 aromatic rings. The molecule has 0 radical (unpaired) electrons. The van der Waals surface area contributed by atoms with Crippen molar-refractivity contribution in [3.05, 3.63) is 29.8 Å². The molecule has 0 aliphatic carbocycles. The molecular weight excluding hydrogens is 228 g/mol. The number of ether oxygens (including phenoxy) is 2. The van der Waals surface area contributed by atoms with Crippen LogP contribution in [0.15, 0.2) is 24.3 Å². The molecule has 1 rings (SSSR count). The van der Waals surface area contributed by atoms with Gasteiger partial charge in [0.05, 0.1) is 5.54 Å². The molecule has 0 amide bonds. The molecule has 2 N–H and O–H groups in total. The molecule has 4 nitrogen and oxygen atoms in total. The number of hydrogen-bond acceptors (Lipinski definition) is 4. The topological polar surface area (TPSA) is 47.7 Å². The molecule has 0 saturated heterocycles. The lowest BCUT2D eigenvalue weighted by atomic mass is 9.97. The highest BCUT2D eigenvalue weighted by atomic mass is 16.7. The predicted octanol–water partition coefficient (Wildman–Crippen LogP) is 1.77. The van der Waals surface area contributed by atoms with Crippen molar-refractivity contribution in [2.75, 3.05) is 32.7 Å². The average molecular weight is 252 g/mol. The quantitative estimate of drug-likeness (QED) is 0.784. The number of rotatable bonds is 6. The van der Waals surface area contributed by atoms with Crippen LogP contribution in [0.25, 0.3) is 0 Å². The first-order valence-electron chi connectivity index (χ1n) is 6.06. The molecule has 4 heteroatoms. The molecule has 0 aliphatic rings. The molecule has 0 fully saturated rings. The monoisotopic (exact) mass is 252 g/mol. The molecule has 1 aromatic carbocycles. The van der Waals surface area contributed by atoms with Crippen LogP contribution in [0, 0.1) is 6.92 Å². The molecule has 0 bridgehead atoms. The standard InChI is InChI=1S/C14H24N2O2/c1-11-8-6-7-9-12(11)16(3)14(2,10-15)13(17-4)18-5/h6-9,13H,10,15H2,1-5H3. The summed E-state index contributed by atoms with van der Waals surface area (Å²) in [6, 6.07) is 8.20. The van der Waals surface area contributed by atoms with Crippen molar-refractivity contribution in [3.8, 4) is 0 Å². The lowest BCUT2D eigenvalue weighted by Crippen LogP contribution is -2.59. The SMILES string of the molecule is COC(OC)C(C)(CN)N(C)c1ccccc1C. The zero-order valence-electron chi connectivity index (χ0n) is 11.9. The fourth-order valence-corrected chi connectivity index (χ4v) is 2.21. The maximum absolute atomic E-state index is 5.95. The van der Waals surface area contributed by atoms with Crippen LogP contribution in [-0.2, 0) is 9.47 Å². The summed E-state index contributed by atoms with van der Waals surface area (Å²) in [4.78, 5) is 2.12. The largest absolute Gasteiger partial charge is 0.363 e. The second-order valence-electron chi connectivity index (χ2n) is 4.71. The Balaban J connectivity index is 3.12. The zero-order valence-corrected chi connectivity index (χ0v) is 11.9. The van der Waals surface area contributed by atoms with E-state index in [-0.39, 0.29) is 6.29 Å². The summed E-state index contributed by atoms with van der Waals surface area (Å²) in [5, 5.41) is 0. The number of para-hydroxylation sites is 1. The van der Waals surface area contributed by atoms with Gasteiger partial charge in [-0.15, -0.1) is 0 Å². The Kier molecular flexibility index (Phi) is 5.14. The normalized spacial score (nSPS) is 14.6. The minimum absolute atomic E-state index is 0.382. The third kappa shape index (κ3) is 2.66. The first-order valence-corrected chi connectivity index (χ1v) is 6.06. The fraction of sp³-hybridized carbons (Fsp3) is 0.571.